The van der Waals surface area contributed by atoms with E-state index < -0.39 is 32.3 Å². The molecule has 3 aromatic rings. The Hall–Kier alpha value is -2.84. The van der Waals surface area contributed by atoms with Gasteiger partial charge in [0.2, 0.25) is 0 Å². The third-order valence-corrected chi connectivity index (χ3v) is 5.42. The lowest BCUT2D eigenvalue weighted by molar-refractivity contribution is 0.103. The Labute approximate surface area is 158 Å². The number of sulfonamides is 1. The van der Waals surface area contributed by atoms with E-state index in [9.17, 15) is 22.0 Å². The Morgan fingerprint density at radius 3 is 2.37 bits per heavy atom. The Kier molecular flexibility index (Phi) is 5.20. The van der Waals surface area contributed by atoms with Gasteiger partial charge >= 0.3 is 0 Å². The minimum atomic E-state index is -4.45. The lowest BCUT2D eigenvalue weighted by Crippen LogP contribution is -2.18. The molecule has 1 aromatic heterocycles. The van der Waals surface area contributed by atoms with E-state index >= 15 is 0 Å². The van der Waals surface area contributed by atoms with Gasteiger partial charge in [-0.1, -0.05) is 17.7 Å². The highest BCUT2D eigenvalue weighted by Gasteiger charge is 2.25. The Balaban J connectivity index is 2.02. The molecule has 0 saturated carbocycles. The van der Waals surface area contributed by atoms with Crippen LogP contribution in [0.5, 0.6) is 0 Å². The number of benzene rings is 2. The number of rotatable bonds is 5. The van der Waals surface area contributed by atoms with Gasteiger partial charge in [0.05, 0.1) is 10.6 Å². The van der Waals surface area contributed by atoms with E-state index in [4.69, 9.17) is 11.6 Å². The molecule has 0 radical (unpaired) electrons. The molecule has 0 aliphatic heterocycles. The van der Waals surface area contributed by atoms with Crippen molar-refractivity contribution < 1.29 is 22.0 Å². The number of halogens is 3. The van der Waals surface area contributed by atoms with Crippen LogP contribution in [0.2, 0.25) is 5.02 Å². The van der Waals surface area contributed by atoms with Gasteiger partial charge in [-0.15, -0.1) is 0 Å². The second-order valence-corrected chi connectivity index (χ2v) is 7.42. The van der Waals surface area contributed by atoms with E-state index in [0.29, 0.717) is 0 Å². The first kappa shape index (κ1) is 18.9. The van der Waals surface area contributed by atoms with Crippen LogP contribution in [0.15, 0.2) is 65.7 Å². The fourth-order valence-corrected chi connectivity index (χ4v) is 3.98. The van der Waals surface area contributed by atoms with Gasteiger partial charge in [-0.2, -0.15) is 0 Å². The number of carbonyl (C=O) groups is 1. The summed E-state index contributed by atoms with van der Waals surface area (Å²) in [5, 5.41) is -0.315. The van der Waals surface area contributed by atoms with Crippen molar-refractivity contribution in [1.29, 1.82) is 0 Å². The van der Waals surface area contributed by atoms with Gasteiger partial charge in [0, 0.05) is 11.8 Å². The van der Waals surface area contributed by atoms with E-state index in [1.165, 1.54) is 42.6 Å². The highest BCUT2D eigenvalue weighted by atomic mass is 35.5. The third kappa shape index (κ3) is 3.96. The molecule has 5 nitrogen and oxygen atoms in total. The Morgan fingerprint density at radius 2 is 1.70 bits per heavy atom. The van der Waals surface area contributed by atoms with Crippen LogP contribution in [0.25, 0.3) is 0 Å². The standard InChI is InChI=1S/C18H11ClF2N2O3S/c19-14-4-1-5-15(21)17(14)27(25,26)23-18-13(3-2-10-22-18)16(24)11-6-8-12(20)9-7-11/h1-10H,(H,22,23). The minimum absolute atomic E-state index is 0.0832. The van der Waals surface area contributed by atoms with Gasteiger partial charge in [0.1, 0.15) is 16.5 Å². The van der Waals surface area contributed by atoms with E-state index in [1.54, 1.807) is 0 Å². The smallest absolute Gasteiger partial charge is 0.267 e. The maximum Gasteiger partial charge on any atom is 0.267 e. The van der Waals surface area contributed by atoms with E-state index in [0.717, 1.165) is 18.2 Å². The SMILES string of the molecule is O=C(c1ccc(F)cc1)c1cccnc1NS(=O)(=O)c1c(F)cccc1Cl. The summed E-state index contributed by atoms with van der Waals surface area (Å²) in [6.07, 6.45) is 1.27. The molecular weight excluding hydrogens is 398 g/mol. The lowest BCUT2D eigenvalue weighted by Gasteiger charge is -2.12. The number of ketones is 1. The topological polar surface area (TPSA) is 76.1 Å². The molecule has 0 bridgehead atoms. The molecule has 1 N–H and O–H groups in total. The molecular formula is C18H11ClF2N2O3S. The van der Waals surface area contributed by atoms with Crippen LogP contribution in [-0.4, -0.2) is 19.2 Å². The second-order valence-electron chi connectivity index (χ2n) is 5.39. The predicted molar refractivity (Wildman–Crippen MR) is 96.3 cm³/mol. The first-order chi connectivity index (χ1) is 12.8. The minimum Gasteiger partial charge on any atom is -0.288 e. The van der Waals surface area contributed by atoms with Crippen LogP contribution in [0.1, 0.15) is 15.9 Å². The van der Waals surface area contributed by atoms with Crippen molar-refractivity contribution in [3.63, 3.8) is 0 Å². The molecule has 0 amide bonds. The largest absolute Gasteiger partial charge is 0.288 e. The van der Waals surface area contributed by atoms with Crippen molar-refractivity contribution in [2.45, 2.75) is 4.90 Å². The molecule has 0 aliphatic carbocycles. The highest BCUT2D eigenvalue weighted by molar-refractivity contribution is 7.92. The van der Waals surface area contributed by atoms with Crippen molar-refractivity contribution in [3.8, 4) is 0 Å². The number of nitrogens with zero attached hydrogens (tertiary/aromatic N) is 1. The molecule has 0 spiro atoms. The number of aromatic nitrogens is 1. The summed E-state index contributed by atoms with van der Waals surface area (Å²) in [6, 6.07) is 10.9. The van der Waals surface area contributed by atoms with Crippen LogP contribution in [0.3, 0.4) is 0 Å². The molecule has 0 saturated heterocycles. The van der Waals surface area contributed by atoms with Crippen LogP contribution in [0, 0.1) is 11.6 Å². The quantitative estimate of drug-likeness (QED) is 0.646. The summed E-state index contributed by atoms with van der Waals surface area (Å²) >= 11 is 5.81. The van der Waals surface area contributed by atoms with Crippen LogP contribution in [-0.2, 0) is 10.0 Å². The van der Waals surface area contributed by atoms with Crippen LogP contribution < -0.4 is 4.72 Å². The number of carbonyl (C=O) groups excluding carboxylic acids is 1. The molecule has 3 rings (SSSR count). The van der Waals surface area contributed by atoms with Crippen molar-refractivity contribution in [1.82, 2.24) is 4.98 Å². The van der Waals surface area contributed by atoms with Gasteiger partial charge in [0.25, 0.3) is 10.0 Å². The van der Waals surface area contributed by atoms with E-state index in [2.05, 4.69) is 9.71 Å². The summed E-state index contributed by atoms with van der Waals surface area (Å²) < 4.78 is 54.3. The van der Waals surface area contributed by atoms with Crippen molar-refractivity contribution in [2.75, 3.05) is 4.72 Å². The summed E-state index contributed by atoms with van der Waals surface area (Å²) in [5.41, 5.74) is 0.0499. The average molecular weight is 409 g/mol. The molecule has 0 atom stereocenters. The first-order valence-corrected chi connectivity index (χ1v) is 9.38. The first-order valence-electron chi connectivity index (χ1n) is 7.52. The molecule has 138 valence electrons. The van der Waals surface area contributed by atoms with E-state index in [1.807, 2.05) is 0 Å². The highest BCUT2D eigenvalue weighted by Crippen LogP contribution is 2.27. The molecule has 0 aliphatic rings. The Morgan fingerprint density at radius 1 is 1.00 bits per heavy atom. The number of anilines is 1. The zero-order valence-corrected chi connectivity index (χ0v) is 15.1. The number of nitrogens with one attached hydrogen (secondary N) is 1. The fourth-order valence-electron chi connectivity index (χ4n) is 2.34. The molecule has 9 heteroatoms. The molecule has 1 heterocycles. The van der Waals surface area contributed by atoms with Gasteiger partial charge < -0.3 is 0 Å². The van der Waals surface area contributed by atoms with Gasteiger partial charge in [-0.05, 0) is 48.5 Å². The van der Waals surface area contributed by atoms with Crippen molar-refractivity contribution in [2.24, 2.45) is 0 Å². The van der Waals surface area contributed by atoms with Crippen molar-refractivity contribution >= 4 is 33.2 Å². The van der Waals surface area contributed by atoms with Gasteiger partial charge in [-0.3, -0.25) is 9.52 Å². The van der Waals surface area contributed by atoms with Crippen molar-refractivity contribution in [3.05, 3.63) is 88.6 Å². The predicted octanol–water partition coefficient (Wildman–Crippen LogP) is 4.05. The van der Waals surface area contributed by atoms with E-state index in [-0.39, 0.29) is 22.0 Å². The number of hydrogen-bond acceptors (Lipinski definition) is 4. The number of hydrogen-bond donors (Lipinski definition) is 1. The number of pyridine rings is 1. The zero-order valence-electron chi connectivity index (χ0n) is 13.5. The molecule has 27 heavy (non-hydrogen) atoms. The summed E-state index contributed by atoms with van der Waals surface area (Å²) in [4.78, 5) is 15.7. The third-order valence-electron chi connectivity index (χ3n) is 3.58. The van der Waals surface area contributed by atoms with Gasteiger partial charge in [-0.25, -0.2) is 22.2 Å². The molecule has 0 unspecified atom stereocenters. The summed E-state index contributed by atoms with van der Waals surface area (Å²) in [7, 11) is -4.45. The normalized spacial score (nSPS) is 11.2. The average Bonchev–Trinajstić information content (AvgIpc) is 2.61. The van der Waals surface area contributed by atoms with Crippen LogP contribution >= 0.6 is 11.6 Å². The zero-order chi connectivity index (χ0) is 19.6. The maximum atomic E-state index is 14.0. The van der Waals surface area contributed by atoms with Gasteiger partial charge in [0.15, 0.2) is 11.6 Å². The Bertz CT molecular complexity index is 1100. The summed E-state index contributed by atoms with van der Waals surface area (Å²) in [5.74, 6) is -2.45. The summed E-state index contributed by atoms with van der Waals surface area (Å²) in [6.45, 7) is 0. The fraction of sp³-hybridized carbons (Fsp3) is 0. The molecule has 0 fully saturated rings. The monoisotopic (exact) mass is 408 g/mol. The molecule has 2 aromatic carbocycles. The van der Waals surface area contributed by atoms with Crippen LogP contribution in [0.4, 0.5) is 14.6 Å². The second kappa shape index (κ2) is 7.42. The lowest BCUT2D eigenvalue weighted by atomic mass is 10.0. The maximum absolute atomic E-state index is 14.0.